The average Bonchev–Trinajstić information content (AvgIpc) is 3.12. The van der Waals surface area contributed by atoms with Gasteiger partial charge in [0.1, 0.15) is 5.00 Å². The number of halogens is 2. The van der Waals surface area contributed by atoms with E-state index < -0.39 is 0 Å². The number of carbonyl (C=O) groups excluding carboxylic acids is 2. The Morgan fingerprint density at radius 1 is 1.03 bits per heavy atom. The maximum absolute atomic E-state index is 13.4. The third-order valence-electron chi connectivity index (χ3n) is 6.16. The van der Waals surface area contributed by atoms with Crippen LogP contribution in [0.15, 0.2) is 53.0 Å². The van der Waals surface area contributed by atoms with E-state index in [4.69, 9.17) is 11.6 Å². The number of fused-ring (bicyclic) bond motifs is 1. The number of thiophene rings is 1. The molecule has 2 aromatic carbocycles. The maximum atomic E-state index is 13.4. The van der Waals surface area contributed by atoms with Gasteiger partial charge in [-0.05, 0) is 88.5 Å². The van der Waals surface area contributed by atoms with Crippen LogP contribution in [0, 0.1) is 11.3 Å². The predicted molar refractivity (Wildman–Crippen MR) is 141 cm³/mol. The molecule has 1 unspecified atom stereocenters. The van der Waals surface area contributed by atoms with Crippen molar-refractivity contribution in [3.8, 4) is 0 Å². The quantitative estimate of drug-likeness (QED) is 0.351. The van der Waals surface area contributed by atoms with E-state index in [1.54, 1.807) is 30.3 Å². The number of nitrogens with one attached hydrogen (secondary N) is 2. The van der Waals surface area contributed by atoms with Gasteiger partial charge in [0.25, 0.3) is 11.8 Å². The fraction of sp³-hybridized carbons (Fsp3) is 0.308. The monoisotopic (exact) mass is 544 g/mol. The van der Waals surface area contributed by atoms with Crippen LogP contribution in [0.3, 0.4) is 0 Å². The summed E-state index contributed by atoms with van der Waals surface area (Å²) in [5, 5.41) is 7.20. The molecule has 0 fully saturated rings. The minimum Gasteiger partial charge on any atom is -0.322 e. The Kier molecular flexibility index (Phi) is 6.99. The zero-order chi connectivity index (χ0) is 23.8. The first kappa shape index (κ1) is 24.0. The highest BCUT2D eigenvalue weighted by Gasteiger charge is 2.34. The number of hydrogen-bond acceptors (Lipinski definition) is 3. The molecule has 2 N–H and O–H groups in total. The number of benzene rings is 2. The number of rotatable bonds is 4. The van der Waals surface area contributed by atoms with Crippen molar-refractivity contribution in [2.75, 3.05) is 10.6 Å². The van der Waals surface area contributed by atoms with Gasteiger partial charge in [-0.3, -0.25) is 9.59 Å². The van der Waals surface area contributed by atoms with E-state index in [2.05, 4.69) is 47.3 Å². The van der Waals surface area contributed by atoms with Crippen LogP contribution in [0.2, 0.25) is 5.02 Å². The molecule has 33 heavy (non-hydrogen) atoms. The van der Waals surface area contributed by atoms with E-state index in [9.17, 15) is 9.59 Å². The molecule has 0 saturated heterocycles. The molecule has 7 heteroatoms. The Labute approximate surface area is 211 Å². The molecule has 0 aliphatic heterocycles. The number of anilines is 2. The second-order valence-corrected chi connectivity index (χ2v) is 11.8. The van der Waals surface area contributed by atoms with Gasteiger partial charge in [-0.2, -0.15) is 0 Å². The number of amides is 2. The molecule has 1 aliphatic rings. The van der Waals surface area contributed by atoms with Crippen molar-refractivity contribution in [2.24, 2.45) is 11.3 Å². The van der Waals surface area contributed by atoms with E-state index >= 15 is 0 Å². The zero-order valence-electron chi connectivity index (χ0n) is 18.8. The summed E-state index contributed by atoms with van der Waals surface area (Å²) in [6.45, 7) is 6.79. The van der Waals surface area contributed by atoms with Crippen LogP contribution in [-0.4, -0.2) is 11.8 Å². The van der Waals surface area contributed by atoms with Gasteiger partial charge in [0.15, 0.2) is 0 Å². The fourth-order valence-corrected chi connectivity index (χ4v) is 6.11. The van der Waals surface area contributed by atoms with Gasteiger partial charge in [-0.15, -0.1) is 11.3 Å². The summed E-state index contributed by atoms with van der Waals surface area (Å²) < 4.78 is 0.712. The van der Waals surface area contributed by atoms with Crippen LogP contribution in [-0.2, 0) is 12.8 Å². The zero-order valence-corrected chi connectivity index (χ0v) is 22.0. The smallest absolute Gasteiger partial charge is 0.258 e. The van der Waals surface area contributed by atoms with Crippen molar-refractivity contribution >= 4 is 61.4 Å². The fourth-order valence-electron chi connectivity index (χ4n) is 4.20. The normalized spacial score (nSPS) is 15.6. The summed E-state index contributed by atoms with van der Waals surface area (Å²) in [6.07, 6.45) is 2.75. The summed E-state index contributed by atoms with van der Waals surface area (Å²) in [4.78, 5) is 27.7. The van der Waals surface area contributed by atoms with Crippen LogP contribution in [0.25, 0.3) is 0 Å². The van der Waals surface area contributed by atoms with Crippen molar-refractivity contribution in [3.05, 3.63) is 79.6 Å². The molecule has 2 amide bonds. The van der Waals surface area contributed by atoms with E-state index in [1.165, 1.54) is 16.2 Å². The Bertz CT molecular complexity index is 1200. The summed E-state index contributed by atoms with van der Waals surface area (Å²) in [7, 11) is 0. The van der Waals surface area contributed by atoms with Crippen molar-refractivity contribution in [1.29, 1.82) is 0 Å². The Hall–Kier alpha value is -2.15. The topological polar surface area (TPSA) is 58.2 Å². The van der Waals surface area contributed by atoms with Crippen molar-refractivity contribution < 1.29 is 9.59 Å². The van der Waals surface area contributed by atoms with Crippen LogP contribution in [0.4, 0.5) is 10.7 Å². The number of carbonyl (C=O) groups is 2. The molecule has 0 saturated carbocycles. The molecule has 0 spiro atoms. The van der Waals surface area contributed by atoms with Crippen LogP contribution in [0.1, 0.15) is 58.3 Å². The molecular weight excluding hydrogens is 520 g/mol. The van der Waals surface area contributed by atoms with E-state index in [1.807, 2.05) is 18.2 Å². The summed E-state index contributed by atoms with van der Waals surface area (Å²) >= 11 is 11.0. The Morgan fingerprint density at radius 2 is 1.73 bits per heavy atom. The van der Waals surface area contributed by atoms with Gasteiger partial charge >= 0.3 is 0 Å². The highest BCUT2D eigenvalue weighted by Crippen LogP contribution is 2.44. The molecule has 3 aromatic rings. The molecule has 1 aliphatic carbocycles. The van der Waals surface area contributed by atoms with Crippen molar-refractivity contribution in [1.82, 2.24) is 0 Å². The molecule has 4 nitrogen and oxygen atoms in total. The highest BCUT2D eigenvalue weighted by atomic mass is 79.9. The lowest BCUT2D eigenvalue weighted by atomic mass is 9.72. The predicted octanol–water partition coefficient (Wildman–Crippen LogP) is 7.82. The van der Waals surface area contributed by atoms with Crippen molar-refractivity contribution in [2.45, 2.75) is 40.0 Å². The SMILES string of the molecule is CC(C)(C)C1CCc2c(sc(NC(=O)c3ccccc3Br)c2C(=O)Nc2ccc(Cl)cc2)C1. The van der Waals surface area contributed by atoms with Crippen molar-refractivity contribution in [3.63, 3.8) is 0 Å². The largest absolute Gasteiger partial charge is 0.322 e. The number of hydrogen-bond donors (Lipinski definition) is 2. The molecule has 1 aromatic heterocycles. The molecule has 1 atom stereocenters. The first-order valence-electron chi connectivity index (χ1n) is 10.9. The third kappa shape index (κ3) is 5.34. The lowest BCUT2D eigenvalue weighted by Crippen LogP contribution is -2.27. The molecular formula is C26H26BrClN2O2S. The molecule has 172 valence electrons. The standard InChI is InChI=1S/C26H26BrClN2O2S/c1-26(2,3)15-8-13-19-21(14-15)33-25(30-23(31)18-6-4-5-7-20(18)27)22(19)24(32)29-17-11-9-16(28)10-12-17/h4-7,9-12,15H,8,13-14H2,1-3H3,(H,29,32)(H,30,31). The van der Waals surface area contributed by atoms with Gasteiger partial charge in [-0.1, -0.05) is 44.5 Å². The van der Waals surface area contributed by atoms with Crippen LogP contribution < -0.4 is 10.6 Å². The average molecular weight is 546 g/mol. The van der Waals surface area contributed by atoms with Crippen LogP contribution in [0.5, 0.6) is 0 Å². The second-order valence-electron chi connectivity index (χ2n) is 9.41. The molecule has 4 rings (SSSR count). The molecule has 1 heterocycles. The highest BCUT2D eigenvalue weighted by molar-refractivity contribution is 9.10. The van der Waals surface area contributed by atoms with Gasteiger partial charge in [-0.25, -0.2) is 0 Å². The van der Waals surface area contributed by atoms with Gasteiger partial charge in [0.2, 0.25) is 0 Å². The third-order valence-corrected chi connectivity index (χ3v) is 8.28. The molecule has 0 radical (unpaired) electrons. The molecule has 0 bridgehead atoms. The Balaban J connectivity index is 1.69. The lowest BCUT2D eigenvalue weighted by molar-refractivity contribution is 0.102. The summed E-state index contributed by atoms with van der Waals surface area (Å²) in [6, 6.07) is 14.3. The minimum absolute atomic E-state index is 0.186. The van der Waals surface area contributed by atoms with E-state index in [0.29, 0.717) is 37.2 Å². The Morgan fingerprint density at radius 3 is 2.39 bits per heavy atom. The minimum atomic E-state index is -0.242. The first-order chi connectivity index (χ1) is 15.6. The maximum Gasteiger partial charge on any atom is 0.258 e. The van der Waals surface area contributed by atoms with Gasteiger partial charge in [0.05, 0.1) is 11.1 Å². The summed E-state index contributed by atoms with van der Waals surface area (Å²) in [5.41, 5.74) is 2.99. The first-order valence-corrected chi connectivity index (χ1v) is 12.9. The van der Waals surface area contributed by atoms with E-state index in [0.717, 1.165) is 24.8 Å². The van der Waals surface area contributed by atoms with Crippen LogP contribution >= 0.6 is 38.9 Å². The van der Waals surface area contributed by atoms with Gasteiger partial charge < -0.3 is 10.6 Å². The summed E-state index contributed by atoms with van der Waals surface area (Å²) in [5.74, 6) is 0.0723. The van der Waals surface area contributed by atoms with E-state index in [-0.39, 0.29) is 17.2 Å². The van der Waals surface area contributed by atoms with Gasteiger partial charge in [0, 0.05) is 20.1 Å². The second kappa shape index (κ2) is 9.61. The lowest BCUT2D eigenvalue weighted by Gasteiger charge is -2.33.